The number of carbonyl (C=O) groups excluding carboxylic acids is 1. The van der Waals surface area contributed by atoms with Crippen LogP contribution in [0.15, 0.2) is 73.3 Å². The Labute approximate surface area is 202 Å². The number of fused-ring (bicyclic) bond motifs is 1. The van der Waals surface area contributed by atoms with E-state index in [4.69, 9.17) is 9.47 Å². The smallest absolute Gasteiger partial charge is 0.253 e. The highest BCUT2D eigenvalue weighted by molar-refractivity contribution is 5.94. The summed E-state index contributed by atoms with van der Waals surface area (Å²) in [5, 5.41) is 8.85. The Bertz CT molecular complexity index is 1310. The van der Waals surface area contributed by atoms with E-state index in [1.54, 1.807) is 12.5 Å². The Morgan fingerprint density at radius 3 is 2.46 bits per heavy atom. The van der Waals surface area contributed by atoms with E-state index in [1.807, 2.05) is 70.3 Å². The summed E-state index contributed by atoms with van der Waals surface area (Å²) in [6.45, 7) is 3.69. The number of amides is 1. The first-order valence-electron chi connectivity index (χ1n) is 11.6. The number of aromatic nitrogens is 4. The SMILES string of the molecule is O=C(c1ccc(Cn2ccnc2)cc1)N1CCN(c2ccc(-c3ccc4c(c3)OCO4)nn2)CC1. The third-order valence-corrected chi connectivity index (χ3v) is 6.33. The summed E-state index contributed by atoms with van der Waals surface area (Å²) in [4.78, 5) is 21.1. The fraction of sp³-hybridized carbons (Fsp3) is 0.231. The molecule has 4 aromatic rings. The topological polar surface area (TPSA) is 85.6 Å². The zero-order valence-corrected chi connectivity index (χ0v) is 19.1. The Morgan fingerprint density at radius 2 is 1.71 bits per heavy atom. The molecular formula is C26H24N6O3. The second-order valence-electron chi connectivity index (χ2n) is 8.56. The summed E-state index contributed by atoms with van der Waals surface area (Å²) in [7, 11) is 0. The van der Waals surface area contributed by atoms with Gasteiger partial charge >= 0.3 is 0 Å². The molecule has 9 heteroatoms. The number of hydrogen-bond donors (Lipinski definition) is 0. The van der Waals surface area contributed by atoms with Crippen LogP contribution in [-0.4, -0.2) is 63.5 Å². The third-order valence-electron chi connectivity index (χ3n) is 6.33. The normalized spacial score (nSPS) is 14.9. The number of ether oxygens (including phenoxy) is 2. The van der Waals surface area contributed by atoms with Gasteiger partial charge in [-0.2, -0.15) is 0 Å². The molecule has 9 nitrogen and oxygen atoms in total. The lowest BCUT2D eigenvalue weighted by Gasteiger charge is -2.35. The predicted molar refractivity (Wildman–Crippen MR) is 129 cm³/mol. The summed E-state index contributed by atoms with van der Waals surface area (Å²) < 4.78 is 12.8. The van der Waals surface area contributed by atoms with Gasteiger partial charge in [0, 0.05) is 56.2 Å². The maximum atomic E-state index is 13.0. The van der Waals surface area contributed by atoms with Crippen molar-refractivity contribution in [2.24, 2.45) is 0 Å². The van der Waals surface area contributed by atoms with Gasteiger partial charge < -0.3 is 23.8 Å². The molecule has 1 amide bonds. The van der Waals surface area contributed by atoms with Crippen LogP contribution in [0.25, 0.3) is 11.3 Å². The van der Waals surface area contributed by atoms with Crippen molar-refractivity contribution >= 4 is 11.7 Å². The van der Waals surface area contributed by atoms with E-state index in [0.29, 0.717) is 31.7 Å². The van der Waals surface area contributed by atoms with Crippen molar-refractivity contribution in [3.63, 3.8) is 0 Å². The number of anilines is 1. The van der Waals surface area contributed by atoms with E-state index in [9.17, 15) is 4.79 Å². The van der Waals surface area contributed by atoms with Gasteiger partial charge in [-0.25, -0.2) is 4.98 Å². The van der Waals surface area contributed by atoms with Crippen LogP contribution >= 0.6 is 0 Å². The molecule has 2 aromatic carbocycles. The van der Waals surface area contributed by atoms with Gasteiger partial charge in [-0.3, -0.25) is 4.79 Å². The number of hydrogen-bond acceptors (Lipinski definition) is 7. The van der Waals surface area contributed by atoms with Gasteiger partial charge in [0.2, 0.25) is 6.79 Å². The van der Waals surface area contributed by atoms with E-state index >= 15 is 0 Å². The fourth-order valence-corrected chi connectivity index (χ4v) is 4.37. The molecular weight excluding hydrogens is 444 g/mol. The largest absolute Gasteiger partial charge is 0.454 e. The molecule has 0 spiro atoms. The Balaban J connectivity index is 1.06. The molecule has 35 heavy (non-hydrogen) atoms. The fourth-order valence-electron chi connectivity index (χ4n) is 4.37. The van der Waals surface area contributed by atoms with Gasteiger partial charge in [-0.05, 0) is 48.0 Å². The standard InChI is InChI=1S/C26H24N6O3/c33-26(20-3-1-19(2-4-20)16-30-10-9-27-17-30)32-13-11-31(12-14-32)25-8-6-22(28-29-25)21-5-7-23-24(15-21)35-18-34-23/h1-10,15,17H,11-14,16,18H2. The molecule has 176 valence electrons. The lowest BCUT2D eigenvalue weighted by atomic mass is 10.1. The number of imidazole rings is 1. The van der Waals surface area contributed by atoms with Crippen molar-refractivity contribution in [2.75, 3.05) is 37.9 Å². The number of nitrogens with zero attached hydrogens (tertiary/aromatic N) is 6. The second-order valence-corrected chi connectivity index (χ2v) is 8.56. The number of piperazine rings is 1. The molecule has 0 saturated carbocycles. The molecule has 0 radical (unpaired) electrons. The van der Waals surface area contributed by atoms with Crippen LogP contribution in [0.5, 0.6) is 11.5 Å². The van der Waals surface area contributed by atoms with Crippen LogP contribution in [0.2, 0.25) is 0 Å². The van der Waals surface area contributed by atoms with Crippen molar-refractivity contribution < 1.29 is 14.3 Å². The van der Waals surface area contributed by atoms with Gasteiger partial charge in [0.1, 0.15) is 0 Å². The van der Waals surface area contributed by atoms with E-state index < -0.39 is 0 Å². The number of carbonyl (C=O) groups is 1. The average molecular weight is 469 g/mol. The van der Waals surface area contributed by atoms with Gasteiger partial charge in [-0.15, -0.1) is 10.2 Å². The van der Waals surface area contributed by atoms with Crippen LogP contribution in [0, 0.1) is 0 Å². The molecule has 2 aliphatic rings. The van der Waals surface area contributed by atoms with Crippen LogP contribution in [0.1, 0.15) is 15.9 Å². The average Bonchev–Trinajstić information content (AvgIpc) is 3.61. The molecule has 1 saturated heterocycles. The minimum absolute atomic E-state index is 0.0584. The van der Waals surface area contributed by atoms with Gasteiger partial charge in [0.25, 0.3) is 5.91 Å². The minimum Gasteiger partial charge on any atom is -0.454 e. The molecule has 0 unspecified atom stereocenters. The highest BCUT2D eigenvalue weighted by Gasteiger charge is 2.23. The summed E-state index contributed by atoms with van der Waals surface area (Å²) in [5.41, 5.74) is 3.55. The zero-order valence-electron chi connectivity index (χ0n) is 19.1. The Kier molecular flexibility index (Phi) is 5.50. The van der Waals surface area contributed by atoms with Crippen LogP contribution in [0.3, 0.4) is 0 Å². The summed E-state index contributed by atoms with van der Waals surface area (Å²) in [6.07, 6.45) is 5.47. The quantitative estimate of drug-likeness (QED) is 0.445. The maximum absolute atomic E-state index is 13.0. The van der Waals surface area contributed by atoms with Crippen molar-refractivity contribution in [2.45, 2.75) is 6.54 Å². The monoisotopic (exact) mass is 468 g/mol. The maximum Gasteiger partial charge on any atom is 0.253 e. The predicted octanol–water partition coefficient (Wildman–Crippen LogP) is 3.08. The van der Waals surface area contributed by atoms with Crippen LogP contribution in [-0.2, 0) is 6.54 Å². The second kappa shape index (κ2) is 9.09. The minimum atomic E-state index is 0.0584. The number of rotatable bonds is 5. The Morgan fingerprint density at radius 1 is 0.886 bits per heavy atom. The molecule has 1 fully saturated rings. The molecule has 0 aliphatic carbocycles. The molecule has 0 bridgehead atoms. The highest BCUT2D eigenvalue weighted by Crippen LogP contribution is 2.35. The molecule has 4 heterocycles. The first kappa shape index (κ1) is 21.2. The first-order valence-corrected chi connectivity index (χ1v) is 11.6. The van der Waals surface area contributed by atoms with Gasteiger partial charge in [0.15, 0.2) is 17.3 Å². The van der Waals surface area contributed by atoms with E-state index in [0.717, 1.165) is 40.7 Å². The van der Waals surface area contributed by atoms with Crippen molar-refractivity contribution in [1.82, 2.24) is 24.6 Å². The third kappa shape index (κ3) is 4.40. The zero-order chi connectivity index (χ0) is 23.6. The van der Waals surface area contributed by atoms with Crippen LogP contribution < -0.4 is 14.4 Å². The van der Waals surface area contributed by atoms with E-state index in [1.165, 1.54) is 0 Å². The van der Waals surface area contributed by atoms with Gasteiger partial charge in [0.05, 0.1) is 12.0 Å². The lowest BCUT2D eigenvalue weighted by Crippen LogP contribution is -2.49. The van der Waals surface area contributed by atoms with Crippen molar-refractivity contribution in [3.8, 4) is 22.8 Å². The highest BCUT2D eigenvalue weighted by atomic mass is 16.7. The molecule has 0 N–H and O–H groups in total. The molecule has 6 rings (SSSR count). The van der Waals surface area contributed by atoms with E-state index in [-0.39, 0.29) is 12.7 Å². The Hall–Kier alpha value is -4.40. The molecule has 0 atom stereocenters. The summed E-state index contributed by atoms with van der Waals surface area (Å²) in [6, 6.07) is 17.5. The molecule has 2 aromatic heterocycles. The summed E-state index contributed by atoms with van der Waals surface area (Å²) in [5.74, 6) is 2.34. The van der Waals surface area contributed by atoms with Crippen molar-refractivity contribution in [3.05, 3.63) is 84.4 Å². The van der Waals surface area contributed by atoms with Gasteiger partial charge in [-0.1, -0.05) is 12.1 Å². The lowest BCUT2D eigenvalue weighted by molar-refractivity contribution is 0.0746. The number of benzene rings is 2. The van der Waals surface area contributed by atoms with Crippen LogP contribution in [0.4, 0.5) is 5.82 Å². The molecule has 2 aliphatic heterocycles. The van der Waals surface area contributed by atoms with Crippen molar-refractivity contribution in [1.29, 1.82) is 0 Å². The first-order chi connectivity index (χ1) is 17.2. The summed E-state index contributed by atoms with van der Waals surface area (Å²) >= 11 is 0. The van der Waals surface area contributed by atoms with E-state index in [2.05, 4.69) is 20.1 Å².